The van der Waals surface area contributed by atoms with E-state index in [4.69, 9.17) is 5.11 Å². The monoisotopic (exact) mass is 311 g/mol. The number of sulfonamides is 1. The molecular formula is C13H17N3O4S. The van der Waals surface area contributed by atoms with Crippen LogP contribution in [0.25, 0.3) is 0 Å². The Bertz CT molecular complexity index is 647. The summed E-state index contributed by atoms with van der Waals surface area (Å²) in [6.45, 7) is -0.0650. The van der Waals surface area contributed by atoms with Crippen molar-refractivity contribution >= 4 is 15.9 Å². The average Bonchev–Trinajstić information content (AvgIpc) is 2.48. The van der Waals surface area contributed by atoms with Gasteiger partial charge in [0, 0.05) is 25.4 Å². The second-order valence-electron chi connectivity index (χ2n) is 3.98. The first-order chi connectivity index (χ1) is 10.00. The maximum absolute atomic E-state index is 12.0. The minimum Gasteiger partial charge on any atom is -0.395 e. The third kappa shape index (κ3) is 5.91. The van der Waals surface area contributed by atoms with Gasteiger partial charge in [0.15, 0.2) is 0 Å². The molecule has 21 heavy (non-hydrogen) atoms. The van der Waals surface area contributed by atoms with Gasteiger partial charge in [-0.25, -0.2) is 13.1 Å². The Balaban J connectivity index is 2.73. The Morgan fingerprint density at radius 2 is 2.24 bits per heavy atom. The first-order valence-electron chi connectivity index (χ1n) is 6.23. The predicted octanol–water partition coefficient (Wildman–Crippen LogP) is -0.905. The van der Waals surface area contributed by atoms with E-state index in [-0.39, 0.29) is 18.9 Å². The smallest absolute Gasteiger partial charge is 0.252 e. The maximum Gasteiger partial charge on any atom is 0.252 e. The lowest BCUT2D eigenvalue weighted by atomic mass is 10.1. The fourth-order valence-corrected chi connectivity index (χ4v) is 1.98. The van der Waals surface area contributed by atoms with Crippen LogP contribution in [0.2, 0.25) is 0 Å². The van der Waals surface area contributed by atoms with E-state index in [1.54, 1.807) is 0 Å². The van der Waals surface area contributed by atoms with Crippen LogP contribution in [0.1, 0.15) is 22.3 Å². The summed E-state index contributed by atoms with van der Waals surface area (Å²) in [6.07, 6.45) is 3.20. The number of hydrogen-bond acceptors (Lipinski definition) is 5. The van der Waals surface area contributed by atoms with E-state index in [1.807, 2.05) is 0 Å². The van der Waals surface area contributed by atoms with Gasteiger partial charge in [-0.1, -0.05) is 11.8 Å². The number of pyridine rings is 1. The largest absolute Gasteiger partial charge is 0.395 e. The molecule has 0 bridgehead atoms. The Hall–Kier alpha value is -1.95. The van der Waals surface area contributed by atoms with E-state index in [0.717, 1.165) is 0 Å². The molecule has 0 fully saturated rings. The minimum atomic E-state index is -3.36. The molecule has 0 aromatic carbocycles. The van der Waals surface area contributed by atoms with Crippen LogP contribution in [0, 0.1) is 11.8 Å². The summed E-state index contributed by atoms with van der Waals surface area (Å²) in [5.41, 5.74) is 0.747. The summed E-state index contributed by atoms with van der Waals surface area (Å²) in [4.78, 5) is 15.9. The van der Waals surface area contributed by atoms with Crippen molar-refractivity contribution in [1.29, 1.82) is 0 Å². The Labute approximate surface area is 123 Å². The van der Waals surface area contributed by atoms with Gasteiger partial charge < -0.3 is 10.4 Å². The maximum atomic E-state index is 12.0. The minimum absolute atomic E-state index is 0.00611. The van der Waals surface area contributed by atoms with Crippen LogP contribution in [-0.2, 0) is 10.0 Å². The third-order valence-electron chi connectivity index (χ3n) is 2.49. The van der Waals surface area contributed by atoms with Crippen molar-refractivity contribution < 1.29 is 18.3 Å². The molecule has 1 heterocycles. The standard InChI is InChI=1S/C13H17N3O4S/c1-14-21(19,20)9-7-16-13(18)12-5-6-15-10-11(12)4-2-3-8-17/h5-6,10,14,17H,3,7-9H2,1H3,(H,16,18). The molecule has 1 aromatic heterocycles. The summed E-state index contributed by atoms with van der Waals surface area (Å²) in [5.74, 6) is 4.84. The lowest BCUT2D eigenvalue weighted by molar-refractivity contribution is 0.0956. The van der Waals surface area contributed by atoms with Gasteiger partial charge in [-0.15, -0.1) is 0 Å². The lowest BCUT2D eigenvalue weighted by Crippen LogP contribution is -2.33. The molecule has 1 rings (SSSR count). The van der Waals surface area contributed by atoms with Crippen LogP contribution in [0.4, 0.5) is 0 Å². The Morgan fingerprint density at radius 1 is 1.48 bits per heavy atom. The molecule has 0 spiro atoms. The second kappa shape index (κ2) is 8.36. The highest BCUT2D eigenvalue weighted by molar-refractivity contribution is 7.89. The molecule has 7 nitrogen and oxygen atoms in total. The fraction of sp³-hybridized carbons (Fsp3) is 0.385. The van der Waals surface area contributed by atoms with Crippen molar-refractivity contribution in [1.82, 2.24) is 15.0 Å². The van der Waals surface area contributed by atoms with Crippen LogP contribution < -0.4 is 10.0 Å². The zero-order valence-corrected chi connectivity index (χ0v) is 12.4. The molecule has 0 saturated heterocycles. The number of nitrogens with one attached hydrogen (secondary N) is 2. The number of aliphatic hydroxyl groups excluding tert-OH is 1. The van der Waals surface area contributed by atoms with Crippen molar-refractivity contribution in [2.75, 3.05) is 26.0 Å². The van der Waals surface area contributed by atoms with Gasteiger partial charge in [0.2, 0.25) is 10.0 Å². The molecule has 0 aliphatic carbocycles. The summed E-state index contributed by atoms with van der Waals surface area (Å²) in [5, 5.41) is 11.2. The number of carbonyl (C=O) groups excluding carboxylic acids is 1. The average molecular weight is 311 g/mol. The van der Waals surface area contributed by atoms with Crippen molar-refractivity contribution in [3.8, 4) is 11.8 Å². The van der Waals surface area contributed by atoms with Crippen molar-refractivity contribution in [2.45, 2.75) is 6.42 Å². The molecule has 1 amide bonds. The molecule has 0 aliphatic heterocycles. The summed E-state index contributed by atoms with van der Waals surface area (Å²) >= 11 is 0. The quantitative estimate of drug-likeness (QED) is 0.590. The van der Waals surface area contributed by atoms with Crippen LogP contribution >= 0.6 is 0 Å². The topological polar surface area (TPSA) is 108 Å². The van der Waals surface area contributed by atoms with Gasteiger partial charge in [0.25, 0.3) is 5.91 Å². The number of aromatic nitrogens is 1. The molecule has 114 valence electrons. The van der Waals surface area contributed by atoms with E-state index < -0.39 is 15.9 Å². The first-order valence-corrected chi connectivity index (χ1v) is 7.88. The molecular weight excluding hydrogens is 294 g/mol. The number of amides is 1. The van der Waals surface area contributed by atoms with Crippen LogP contribution in [0.5, 0.6) is 0 Å². The Morgan fingerprint density at radius 3 is 2.90 bits per heavy atom. The molecule has 0 aliphatic rings. The van der Waals surface area contributed by atoms with Gasteiger partial charge >= 0.3 is 0 Å². The van der Waals surface area contributed by atoms with Crippen molar-refractivity contribution in [2.24, 2.45) is 0 Å². The highest BCUT2D eigenvalue weighted by Crippen LogP contribution is 2.05. The van der Waals surface area contributed by atoms with E-state index in [2.05, 4.69) is 26.9 Å². The lowest BCUT2D eigenvalue weighted by Gasteiger charge is -2.07. The van der Waals surface area contributed by atoms with Crippen LogP contribution in [0.15, 0.2) is 18.5 Å². The number of nitrogens with zero attached hydrogens (tertiary/aromatic N) is 1. The zero-order chi connectivity index (χ0) is 15.7. The molecule has 0 saturated carbocycles. The predicted molar refractivity (Wildman–Crippen MR) is 78.0 cm³/mol. The summed E-state index contributed by atoms with van der Waals surface area (Å²) < 4.78 is 24.6. The SMILES string of the molecule is CNS(=O)(=O)CCNC(=O)c1ccncc1C#CCCO. The number of carbonyl (C=O) groups is 1. The van der Waals surface area contributed by atoms with Gasteiger partial charge in [-0.05, 0) is 13.1 Å². The molecule has 0 unspecified atom stereocenters. The molecule has 1 aromatic rings. The molecule has 3 N–H and O–H groups in total. The Kier molecular flexibility index (Phi) is 6.81. The normalized spacial score (nSPS) is 10.6. The molecule has 0 radical (unpaired) electrons. The van der Waals surface area contributed by atoms with Gasteiger partial charge in [-0.3, -0.25) is 9.78 Å². The fourth-order valence-electron chi connectivity index (χ4n) is 1.40. The van der Waals surface area contributed by atoms with Crippen LogP contribution in [0.3, 0.4) is 0 Å². The summed E-state index contributed by atoms with van der Waals surface area (Å²) in [7, 11) is -2.04. The van der Waals surface area contributed by atoms with E-state index >= 15 is 0 Å². The highest BCUT2D eigenvalue weighted by atomic mass is 32.2. The highest BCUT2D eigenvalue weighted by Gasteiger charge is 2.12. The second-order valence-corrected chi connectivity index (χ2v) is 6.02. The number of hydrogen-bond donors (Lipinski definition) is 3. The van der Waals surface area contributed by atoms with E-state index in [9.17, 15) is 13.2 Å². The van der Waals surface area contributed by atoms with Gasteiger partial charge in [-0.2, -0.15) is 0 Å². The first kappa shape index (κ1) is 17.1. The van der Waals surface area contributed by atoms with Crippen molar-refractivity contribution in [3.05, 3.63) is 29.6 Å². The number of rotatable bonds is 6. The van der Waals surface area contributed by atoms with E-state index in [1.165, 1.54) is 25.5 Å². The molecule has 8 heteroatoms. The summed E-state index contributed by atoms with van der Waals surface area (Å²) in [6, 6.07) is 1.50. The third-order valence-corrected chi connectivity index (χ3v) is 3.86. The molecule has 0 atom stereocenters. The van der Waals surface area contributed by atoms with Gasteiger partial charge in [0.05, 0.1) is 23.5 Å². The van der Waals surface area contributed by atoms with Crippen LogP contribution in [-0.4, -0.2) is 50.4 Å². The zero-order valence-electron chi connectivity index (χ0n) is 11.6. The van der Waals surface area contributed by atoms with Crippen molar-refractivity contribution in [3.63, 3.8) is 0 Å². The number of aliphatic hydroxyl groups is 1. The van der Waals surface area contributed by atoms with Gasteiger partial charge in [0.1, 0.15) is 0 Å². The van der Waals surface area contributed by atoms with E-state index in [0.29, 0.717) is 17.5 Å².